The molecule has 1 aliphatic heterocycles. The van der Waals surface area contributed by atoms with Gasteiger partial charge in [-0.1, -0.05) is 24.3 Å². The number of carbonyl (C=O) groups is 3. The maximum absolute atomic E-state index is 13.1. The molecule has 0 radical (unpaired) electrons. The highest BCUT2D eigenvalue weighted by molar-refractivity contribution is 5.97. The number of carbonyl (C=O) groups excluding carboxylic acids is 2. The fourth-order valence-corrected chi connectivity index (χ4v) is 4.52. The van der Waals surface area contributed by atoms with Crippen LogP contribution in [0, 0.1) is 11.7 Å². The molecule has 224 valence electrons. The van der Waals surface area contributed by atoms with Crippen molar-refractivity contribution < 1.29 is 41.8 Å². The Kier molecular flexibility index (Phi) is 11.7. The monoisotopic (exact) mass is 581 g/mol. The third-order valence-electron chi connectivity index (χ3n) is 6.96. The van der Waals surface area contributed by atoms with E-state index in [9.17, 15) is 27.2 Å². The molecule has 1 heterocycles. The fourth-order valence-electron chi connectivity index (χ4n) is 4.52. The summed E-state index contributed by atoms with van der Waals surface area (Å²) in [6.45, 7) is 3.90. The quantitative estimate of drug-likeness (QED) is 0.307. The molecule has 0 spiro atoms. The van der Waals surface area contributed by atoms with Gasteiger partial charge >= 0.3 is 18.2 Å². The number of methoxy groups -OCH3 is 1. The molecule has 2 N–H and O–H groups in total. The van der Waals surface area contributed by atoms with Gasteiger partial charge in [-0.25, -0.2) is 14.0 Å². The molecule has 2 aromatic rings. The Morgan fingerprint density at radius 2 is 1.54 bits per heavy atom. The number of likely N-dealkylation sites (tertiary alicyclic amines) is 1. The Hall–Kier alpha value is -3.51. The smallest absolute Gasteiger partial charge is 0.475 e. The molecule has 2 aliphatic rings. The maximum atomic E-state index is 13.1. The van der Waals surface area contributed by atoms with E-state index >= 15 is 0 Å². The number of ketones is 1. The molecular weight excluding hydrogens is 546 g/mol. The summed E-state index contributed by atoms with van der Waals surface area (Å²) < 4.78 is 50.0. The summed E-state index contributed by atoms with van der Waals surface area (Å²) in [5.41, 5.74) is 2.74. The van der Waals surface area contributed by atoms with E-state index in [4.69, 9.17) is 14.6 Å². The largest absolute Gasteiger partial charge is 0.490 e. The second-order valence-corrected chi connectivity index (χ2v) is 10.2. The number of aliphatic carboxylic acids is 1. The predicted molar refractivity (Wildman–Crippen MR) is 143 cm³/mol. The number of carboxylic acids is 1. The van der Waals surface area contributed by atoms with E-state index in [1.807, 2.05) is 29.2 Å². The number of halogens is 4. The van der Waals surface area contributed by atoms with Crippen LogP contribution in [0.3, 0.4) is 0 Å². The topological polar surface area (TPSA) is 99.2 Å². The Morgan fingerprint density at radius 3 is 2.05 bits per heavy atom. The minimum Gasteiger partial charge on any atom is -0.475 e. The van der Waals surface area contributed by atoms with Crippen LogP contribution in [0.1, 0.15) is 47.2 Å². The van der Waals surface area contributed by atoms with Crippen LogP contribution in [0.4, 0.5) is 22.4 Å². The van der Waals surface area contributed by atoms with Gasteiger partial charge in [0.2, 0.25) is 0 Å². The Balaban J connectivity index is 0.000000587. The fraction of sp³-hybridized carbons (Fsp3) is 0.483. The van der Waals surface area contributed by atoms with Gasteiger partial charge in [0, 0.05) is 31.8 Å². The number of nitrogens with zero attached hydrogens (tertiary/aromatic N) is 2. The average Bonchev–Trinajstić information content (AvgIpc) is 3.78. The lowest BCUT2D eigenvalue weighted by Gasteiger charge is -2.34. The third kappa shape index (κ3) is 10.8. The Labute approximate surface area is 236 Å². The maximum Gasteiger partial charge on any atom is 0.490 e. The summed E-state index contributed by atoms with van der Waals surface area (Å²) in [5.74, 6) is -2.63. The zero-order valence-electron chi connectivity index (χ0n) is 22.8. The van der Waals surface area contributed by atoms with Crippen molar-refractivity contribution in [2.45, 2.75) is 51.1 Å². The van der Waals surface area contributed by atoms with E-state index in [1.54, 1.807) is 19.2 Å². The number of rotatable bonds is 10. The second kappa shape index (κ2) is 14.9. The van der Waals surface area contributed by atoms with Crippen LogP contribution in [-0.2, 0) is 22.7 Å². The molecule has 1 aliphatic carbocycles. The minimum absolute atomic E-state index is 0.0115. The summed E-state index contributed by atoms with van der Waals surface area (Å²) in [7, 11) is 1.68. The minimum atomic E-state index is -5.08. The number of piperidine rings is 1. The van der Waals surface area contributed by atoms with Crippen molar-refractivity contribution in [2.24, 2.45) is 5.92 Å². The van der Waals surface area contributed by atoms with E-state index in [0.717, 1.165) is 56.4 Å². The number of alkyl halides is 3. The summed E-state index contributed by atoms with van der Waals surface area (Å²) in [4.78, 5) is 38.5. The van der Waals surface area contributed by atoms with Gasteiger partial charge in [0.15, 0.2) is 5.78 Å². The molecule has 0 bridgehead atoms. The molecule has 4 rings (SSSR count). The van der Waals surface area contributed by atoms with Crippen LogP contribution in [0.5, 0.6) is 0 Å². The number of Topliss-reactive ketones (excluding diaryl/α,β-unsaturated/α-hetero) is 1. The second-order valence-electron chi connectivity index (χ2n) is 10.2. The molecule has 0 unspecified atom stereocenters. The normalized spacial score (nSPS) is 15.9. The number of urea groups is 1. The van der Waals surface area contributed by atoms with Gasteiger partial charge in [-0.15, -0.1) is 0 Å². The first-order chi connectivity index (χ1) is 19.5. The van der Waals surface area contributed by atoms with Crippen LogP contribution >= 0.6 is 0 Å². The lowest BCUT2D eigenvalue weighted by Crippen LogP contribution is -2.46. The van der Waals surface area contributed by atoms with Crippen molar-refractivity contribution in [3.63, 3.8) is 0 Å². The van der Waals surface area contributed by atoms with Gasteiger partial charge in [0.1, 0.15) is 5.82 Å². The zero-order valence-corrected chi connectivity index (χ0v) is 22.8. The average molecular weight is 582 g/mol. The summed E-state index contributed by atoms with van der Waals surface area (Å²) in [5, 5.41) is 10.2. The number of carboxylic acid groups (broad SMARTS) is 1. The lowest BCUT2D eigenvalue weighted by molar-refractivity contribution is -0.192. The van der Waals surface area contributed by atoms with Crippen LogP contribution < -0.4 is 5.32 Å². The first kappa shape index (κ1) is 32.0. The first-order valence-electron chi connectivity index (χ1n) is 13.4. The summed E-state index contributed by atoms with van der Waals surface area (Å²) >= 11 is 0. The van der Waals surface area contributed by atoms with Crippen LogP contribution in [0.25, 0.3) is 0 Å². The van der Waals surface area contributed by atoms with Crippen LogP contribution in [-0.4, -0.2) is 78.2 Å². The highest BCUT2D eigenvalue weighted by atomic mass is 19.4. The first-order valence-corrected chi connectivity index (χ1v) is 13.4. The van der Waals surface area contributed by atoms with Crippen molar-refractivity contribution >= 4 is 17.8 Å². The molecule has 1 saturated carbocycles. The van der Waals surface area contributed by atoms with E-state index in [1.165, 1.54) is 12.1 Å². The van der Waals surface area contributed by atoms with Crippen LogP contribution in [0.2, 0.25) is 0 Å². The molecule has 2 amide bonds. The molecule has 1 saturated heterocycles. The molecule has 2 aromatic carbocycles. The predicted octanol–water partition coefficient (Wildman–Crippen LogP) is 4.87. The SMILES string of the molecule is COCc1ccc(CNC(=O)N(CC2CCN(CC(=O)c3ccc(F)cc3)CC2)C2CC2)cc1.O=C(O)C(F)(F)F. The van der Waals surface area contributed by atoms with Gasteiger partial charge in [-0.2, -0.15) is 13.2 Å². The number of ether oxygens (including phenoxy) is 1. The standard InChI is InChI=1S/C27H34FN3O3.C2HF3O2/c1-34-19-22-4-2-20(3-5-22)16-29-27(33)31(25-10-11-25)17-21-12-14-30(15-13-21)18-26(32)23-6-8-24(28)9-7-23;3-2(4,5)1(6)7/h2-9,21,25H,10-19H2,1H3,(H,29,33);(H,6,7). The molecule has 12 heteroatoms. The van der Waals surface area contributed by atoms with Gasteiger partial charge in [-0.05, 0) is 80.1 Å². The highest BCUT2D eigenvalue weighted by Gasteiger charge is 2.38. The lowest BCUT2D eigenvalue weighted by atomic mass is 9.95. The van der Waals surface area contributed by atoms with Crippen molar-refractivity contribution in [1.82, 2.24) is 15.1 Å². The van der Waals surface area contributed by atoms with Crippen molar-refractivity contribution in [3.05, 3.63) is 71.0 Å². The van der Waals surface area contributed by atoms with Gasteiger partial charge < -0.3 is 20.1 Å². The molecule has 2 fully saturated rings. The van der Waals surface area contributed by atoms with Gasteiger partial charge in [-0.3, -0.25) is 9.69 Å². The molecule has 0 aromatic heterocycles. The van der Waals surface area contributed by atoms with E-state index in [-0.39, 0.29) is 17.6 Å². The number of nitrogens with one attached hydrogen (secondary N) is 1. The number of benzene rings is 2. The third-order valence-corrected chi connectivity index (χ3v) is 6.96. The van der Waals surface area contributed by atoms with E-state index in [0.29, 0.717) is 37.2 Å². The Bertz CT molecular complexity index is 1150. The zero-order chi connectivity index (χ0) is 30.0. The van der Waals surface area contributed by atoms with E-state index < -0.39 is 12.1 Å². The van der Waals surface area contributed by atoms with Crippen molar-refractivity contribution in [3.8, 4) is 0 Å². The van der Waals surface area contributed by atoms with Crippen LogP contribution in [0.15, 0.2) is 48.5 Å². The van der Waals surface area contributed by atoms with Gasteiger partial charge in [0.25, 0.3) is 0 Å². The number of hydrogen-bond donors (Lipinski definition) is 2. The number of hydrogen-bond acceptors (Lipinski definition) is 5. The summed E-state index contributed by atoms with van der Waals surface area (Å²) in [6, 6.07) is 14.2. The van der Waals surface area contributed by atoms with Crippen molar-refractivity contribution in [1.29, 1.82) is 0 Å². The molecule has 41 heavy (non-hydrogen) atoms. The number of amides is 2. The summed E-state index contributed by atoms with van der Waals surface area (Å²) in [6.07, 6.45) is -1.00. The molecule has 8 nitrogen and oxygen atoms in total. The Morgan fingerprint density at radius 1 is 0.976 bits per heavy atom. The molecule has 0 atom stereocenters. The van der Waals surface area contributed by atoms with Gasteiger partial charge in [0.05, 0.1) is 13.2 Å². The van der Waals surface area contributed by atoms with E-state index in [2.05, 4.69) is 10.2 Å². The molecular formula is C29H35F4N3O5. The van der Waals surface area contributed by atoms with Crippen molar-refractivity contribution in [2.75, 3.05) is 33.3 Å². The highest BCUT2D eigenvalue weighted by Crippen LogP contribution is 2.30.